The summed E-state index contributed by atoms with van der Waals surface area (Å²) in [6.45, 7) is 0.934. The Kier molecular flexibility index (Phi) is 1.32. The minimum absolute atomic E-state index is 0.00250. The molecule has 54 valence electrons. The van der Waals surface area contributed by atoms with E-state index < -0.39 is 0 Å². The van der Waals surface area contributed by atoms with Crippen LogP contribution in [0.25, 0.3) is 0 Å². The molecule has 0 saturated carbocycles. The molecule has 0 unspecified atom stereocenters. The molecular weight excluding hydrogens is 132 g/mol. The molecule has 0 aromatic heterocycles. The molecule has 0 aliphatic carbocycles. The zero-order chi connectivity index (χ0) is 6.97. The van der Waals surface area contributed by atoms with Gasteiger partial charge in [0.25, 0.3) is 0 Å². The molecule has 1 saturated heterocycles. The molecule has 3 aliphatic heterocycles. The molecular formula is C7H8O3. The zero-order valence-corrected chi connectivity index (χ0v) is 5.45. The lowest BCUT2D eigenvalue weighted by molar-refractivity contribution is -0.144. The van der Waals surface area contributed by atoms with Crippen LogP contribution in [-0.4, -0.2) is 31.2 Å². The van der Waals surface area contributed by atoms with E-state index in [1.165, 1.54) is 0 Å². The third kappa shape index (κ3) is 0.874. The van der Waals surface area contributed by atoms with E-state index in [-0.39, 0.29) is 18.0 Å². The standard InChI is InChI=1S/C7H8O3/c8-6-2-1-5-3-10-7(6)4-9-5/h1-2,5,7H,3-4H2/t5-,7+/m0/s1. The summed E-state index contributed by atoms with van der Waals surface area (Å²) in [7, 11) is 0. The Hall–Kier alpha value is -0.670. The van der Waals surface area contributed by atoms with E-state index in [2.05, 4.69) is 0 Å². The summed E-state index contributed by atoms with van der Waals surface area (Å²) < 4.78 is 10.4. The van der Waals surface area contributed by atoms with Gasteiger partial charge in [0.05, 0.1) is 19.3 Å². The molecule has 3 aliphatic rings. The van der Waals surface area contributed by atoms with Gasteiger partial charge >= 0.3 is 0 Å². The predicted octanol–water partition coefficient (Wildman–Crippen LogP) is -0.0907. The number of fused-ring (bicyclic) bond motifs is 3. The predicted molar refractivity (Wildman–Crippen MR) is 33.6 cm³/mol. The van der Waals surface area contributed by atoms with E-state index in [1.807, 2.05) is 0 Å². The Labute approximate surface area is 58.6 Å². The molecule has 10 heavy (non-hydrogen) atoms. The van der Waals surface area contributed by atoms with Crippen molar-refractivity contribution in [2.24, 2.45) is 0 Å². The van der Waals surface area contributed by atoms with Crippen LogP contribution in [0.2, 0.25) is 0 Å². The SMILES string of the molecule is O=C1C=C[C@H]2CO[C@@H]1CO2. The third-order valence-electron chi connectivity index (χ3n) is 1.72. The molecule has 0 radical (unpaired) electrons. The average molecular weight is 140 g/mol. The van der Waals surface area contributed by atoms with E-state index in [1.54, 1.807) is 12.2 Å². The molecule has 0 N–H and O–H groups in total. The van der Waals surface area contributed by atoms with Crippen LogP contribution >= 0.6 is 0 Å². The van der Waals surface area contributed by atoms with Gasteiger partial charge < -0.3 is 9.47 Å². The lowest BCUT2D eigenvalue weighted by Crippen LogP contribution is -2.35. The maximum atomic E-state index is 11.0. The van der Waals surface area contributed by atoms with Crippen LogP contribution in [0.3, 0.4) is 0 Å². The number of ether oxygens (including phenoxy) is 2. The molecule has 2 atom stereocenters. The summed E-state index contributed by atoms with van der Waals surface area (Å²) in [4.78, 5) is 11.0. The van der Waals surface area contributed by atoms with Crippen molar-refractivity contribution in [2.45, 2.75) is 12.2 Å². The average Bonchev–Trinajstić information content (AvgIpc) is 2.24. The number of carbonyl (C=O) groups is 1. The Balaban J connectivity index is 2.25. The quantitative estimate of drug-likeness (QED) is 0.471. The first-order chi connectivity index (χ1) is 4.86. The van der Waals surface area contributed by atoms with Crippen LogP contribution in [0.5, 0.6) is 0 Å². The molecule has 3 heteroatoms. The molecule has 2 bridgehead atoms. The van der Waals surface area contributed by atoms with Gasteiger partial charge in [-0.1, -0.05) is 0 Å². The maximum Gasteiger partial charge on any atom is 0.186 e. The van der Waals surface area contributed by atoms with Crippen molar-refractivity contribution in [2.75, 3.05) is 13.2 Å². The van der Waals surface area contributed by atoms with Gasteiger partial charge in [-0.25, -0.2) is 0 Å². The van der Waals surface area contributed by atoms with Crippen LogP contribution in [0, 0.1) is 0 Å². The van der Waals surface area contributed by atoms with Crippen LogP contribution in [0.4, 0.5) is 0 Å². The summed E-state index contributed by atoms with van der Waals surface area (Å²) in [6.07, 6.45) is 2.97. The summed E-state index contributed by atoms with van der Waals surface area (Å²) >= 11 is 0. The fourth-order valence-electron chi connectivity index (χ4n) is 1.10. The number of ketones is 1. The summed E-state index contributed by atoms with van der Waals surface area (Å²) in [5.74, 6) is 0.0278. The fourth-order valence-corrected chi connectivity index (χ4v) is 1.10. The van der Waals surface area contributed by atoms with Crippen molar-refractivity contribution >= 4 is 5.78 Å². The van der Waals surface area contributed by atoms with Gasteiger partial charge in [-0.05, 0) is 12.2 Å². The number of rotatable bonds is 0. The minimum atomic E-state index is -0.338. The van der Waals surface area contributed by atoms with Crippen molar-refractivity contribution in [1.82, 2.24) is 0 Å². The Bertz CT molecular complexity index is 177. The largest absolute Gasteiger partial charge is 0.369 e. The Morgan fingerprint density at radius 3 is 3.00 bits per heavy atom. The normalized spacial score (nSPS) is 38.2. The van der Waals surface area contributed by atoms with Crippen molar-refractivity contribution in [3.8, 4) is 0 Å². The smallest absolute Gasteiger partial charge is 0.186 e. The highest BCUT2D eigenvalue weighted by Crippen LogP contribution is 2.13. The van der Waals surface area contributed by atoms with Crippen LogP contribution < -0.4 is 0 Å². The second kappa shape index (κ2) is 2.18. The number of hydrogen-bond acceptors (Lipinski definition) is 3. The molecule has 3 nitrogen and oxygen atoms in total. The zero-order valence-electron chi connectivity index (χ0n) is 5.45. The number of hydrogen-bond donors (Lipinski definition) is 0. The lowest BCUT2D eigenvalue weighted by atomic mass is 10.2. The molecule has 1 fully saturated rings. The number of carbonyl (C=O) groups excluding carboxylic acids is 1. The first kappa shape index (κ1) is 6.07. The fraction of sp³-hybridized carbons (Fsp3) is 0.571. The first-order valence-electron chi connectivity index (χ1n) is 3.31. The van der Waals surface area contributed by atoms with E-state index in [0.29, 0.717) is 13.2 Å². The van der Waals surface area contributed by atoms with Crippen LogP contribution in [0.1, 0.15) is 0 Å². The lowest BCUT2D eigenvalue weighted by Gasteiger charge is -2.22. The van der Waals surface area contributed by atoms with Crippen LogP contribution in [0.15, 0.2) is 12.2 Å². The van der Waals surface area contributed by atoms with Gasteiger partial charge in [-0.3, -0.25) is 4.79 Å². The van der Waals surface area contributed by atoms with Gasteiger partial charge in [0, 0.05) is 0 Å². The second-order valence-corrected chi connectivity index (χ2v) is 2.46. The van der Waals surface area contributed by atoms with Crippen molar-refractivity contribution in [3.63, 3.8) is 0 Å². The summed E-state index contributed by atoms with van der Waals surface area (Å²) in [5, 5.41) is 0. The highest BCUT2D eigenvalue weighted by Gasteiger charge is 2.28. The molecule has 0 aromatic rings. The topological polar surface area (TPSA) is 35.5 Å². The Morgan fingerprint density at radius 2 is 2.30 bits per heavy atom. The maximum absolute atomic E-state index is 11.0. The molecule has 0 amide bonds. The van der Waals surface area contributed by atoms with E-state index in [9.17, 15) is 4.79 Å². The van der Waals surface area contributed by atoms with Crippen LogP contribution in [-0.2, 0) is 14.3 Å². The molecule has 3 heterocycles. The molecule has 0 aromatic carbocycles. The van der Waals surface area contributed by atoms with E-state index in [4.69, 9.17) is 9.47 Å². The minimum Gasteiger partial charge on any atom is -0.369 e. The van der Waals surface area contributed by atoms with Crippen molar-refractivity contribution in [1.29, 1.82) is 0 Å². The second-order valence-electron chi connectivity index (χ2n) is 2.46. The van der Waals surface area contributed by atoms with Gasteiger partial charge in [0.15, 0.2) is 5.78 Å². The Morgan fingerprint density at radius 1 is 1.40 bits per heavy atom. The van der Waals surface area contributed by atoms with Gasteiger partial charge in [-0.2, -0.15) is 0 Å². The molecule has 3 rings (SSSR count). The third-order valence-corrected chi connectivity index (χ3v) is 1.72. The van der Waals surface area contributed by atoms with Crippen molar-refractivity contribution in [3.05, 3.63) is 12.2 Å². The van der Waals surface area contributed by atoms with Gasteiger partial charge in [0.2, 0.25) is 0 Å². The van der Waals surface area contributed by atoms with E-state index in [0.717, 1.165) is 0 Å². The monoisotopic (exact) mass is 140 g/mol. The van der Waals surface area contributed by atoms with Crippen molar-refractivity contribution < 1.29 is 14.3 Å². The van der Waals surface area contributed by atoms with Gasteiger partial charge in [0.1, 0.15) is 6.10 Å². The van der Waals surface area contributed by atoms with Gasteiger partial charge in [-0.15, -0.1) is 0 Å². The summed E-state index contributed by atoms with van der Waals surface area (Å²) in [6, 6.07) is 0. The summed E-state index contributed by atoms with van der Waals surface area (Å²) in [5.41, 5.74) is 0. The first-order valence-corrected chi connectivity index (χ1v) is 3.31. The van der Waals surface area contributed by atoms with E-state index >= 15 is 0 Å². The highest BCUT2D eigenvalue weighted by molar-refractivity contribution is 5.94. The highest BCUT2D eigenvalue weighted by atomic mass is 16.6. The molecule has 0 spiro atoms.